The van der Waals surface area contributed by atoms with E-state index in [1.54, 1.807) is 30.3 Å². The second-order valence-corrected chi connectivity index (χ2v) is 7.74. The van der Waals surface area contributed by atoms with Crippen LogP contribution in [0, 0.1) is 0 Å². The number of halogens is 3. The minimum Gasteiger partial charge on any atom is -0.508 e. The molecule has 0 aliphatic carbocycles. The van der Waals surface area contributed by atoms with Crippen LogP contribution in [0.5, 0.6) is 5.75 Å². The van der Waals surface area contributed by atoms with Crippen molar-refractivity contribution in [2.45, 2.75) is 64.0 Å². The molecule has 0 fully saturated rings. The lowest BCUT2D eigenvalue weighted by Gasteiger charge is -2.04. The third-order valence-electron chi connectivity index (χ3n) is 4.74. The molecular weight excluding hydrogens is 443 g/mol. The second-order valence-electron chi connectivity index (χ2n) is 7.74. The standard InChI is InChI=1S/C27H34F3NO3/c28-27(29,30)25(33)16-14-12-10-8-6-4-2-1-3-5-7-9-11-13-15-21-31-26(34)22-23-17-19-24(32)20-18-23/h2-5,8-11,17-20,32H,1,6-7,12-16,21-22H2,(H,31,34)/b4-2-,5-3-,10-8-,11-9-. The number of benzene rings is 1. The molecule has 7 heteroatoms. The molecule has 0 heterocycles. The van der Waals surface area contributed by atoms with Crippen molar-refractivity contribution in [1.82, 2.24) is 5.32 Å². The molecule has 1 aromatic rings. The van der Waals surface area contributed by atoms with Gasteiger partial charge in [0.2, 0.25) is 11.7 Å². The number of Topliss-reactive ketones (excluding diaryl/α,β-unsaturated/α-hetero) is 1. The number of hydrogen-bond donors (Lipinski definition) is 2. The first kappa shape index (κ1) is 28.9. The van der Waals surface area contributed by atoms with Crippen molar-refractivity contribution < 1.29 is 27.9 Å². The molecule has 1 rings (SSSR count). The fraction of sp³-hybridized carbons (Fsp3) is 0.407. The number of nitrogens with one attached hydrogen (secondary N) is 1. The summed E-state index contributed by atoms with van der Waals surface area (Å²) in [4.78, 5) is 22.6. The number of unbranched alkanes of at least 4 members (excludes halogenated alkanes) is 2. The van der Waals surface area contributed by atoms with Gasteiger partial charge in [0, 0.05) is 13.0 Å². The zero-order chi connectivity index (χ0) is 25.1. The third kappa shape index (κ3) is 15.7. The lowest BCUT2D eigenvalue weighted by molar-refractivity contribution is -0.171. The fourth-order valence-corrected chi connectivity index (χ4v) is 2.88. The zero-order valence-electron chi connectivity index (χ0n) is 19.4. The smallest absolute Gasteiger partial charge is 0.449 e. The van der Waals surface area contributed by atoms with E-state index in [1.165, 1.54) is 0 Å². The summed E-state index contributed by atoms with van der Waals surface area (Å²) in [6.45, 7) is 0.627. The number of ketones is 1. The van der Waals surface area contributed by atoms with Gasteiger partial charge in [-0.1, -0.05) is 60.7 Å². The highest BCUT2D eigenvalue weighted by Crippen LogP contribution is 2.19. The lowest BCUT2D eigenvalue weighted by atomic mass is 10.1. The van der Waals surface area contributed by atoms with E-state index in [-0.39, 0.29) is 18.1 Å². The zero-order valence-corrected chi connectivity index (χ0v) is 19.4. The van der Waals surface area contributed by atoms with Crippen molar-refractivity contribution in [3.63, 3.8) is 0 Å². The van der Waals surface area contributed by atoms with E-state index in [4.69, 9.17) is 0 Å². The molecule has 186 valence electrons. The molecule has 0 saturated carbocycles. The van der Waals surface area contributed by atoms with Gasteiger partial charge in [-0.05, 0) is 62.6 Å². The van der Waals surface area contributed by atoms with Crippen LogP contribution in [-0.2, 0) is 16.0 Å². The summed E-state index contributed by atoms with van der Waals surface area (Å²) in [5.41, 5.74) is 0.866. The third-order valence-corrected chi connectivity index (χ3v) is 4.74. The quantitative estimate of drug-likeness (QED) is 0.210. The number of rotatable bonds is 16. The Balaban J connectivity index is 1.96. The van der Waals surface area contributed by atoms with E-state index in [2.05, 4.69) is 29.6 Å². The number of hydrogen-bond acceptors (Lipinski definition) is 3. The van der Waals surface area contributed by atoms with Crippen LogP contribution in [0.15, 0.2) is 72.9 Å². The van der Waals surface area contributed by atoms with Crippen LogP contribution >= 0.6 is 0 Å². The summed E-state index contributed by atoms with van der Waals surface area (Å²) in [5.74, 6) is -1.50. The predicted octanol–water partition coefficient (Wildman–Crippen LogP) is 6.53. The number of carbonyl (C=O) groups is 2. The SMILES string of the molecule is O=C(Cc1ccc(O)cc1)NCCC/C=C\C/C=C\C/C=C\C/C=C\CCCC(=O)C(F)(F)F. The first-order chi connectivity index (χ1) is 16.3. The van der Waals surface area contributed by atoms with Gasteiger partial charge in [0.05, 0.1) is 6.42 Å². The Morgan fingerprint density at radius 3 is 1.82 bits per heavy atom. The molecule has 0 saturated heterocycles. The van der Waals surface area contributed by atoms with E-state index in [1.807, 2.05) is 18.2 Å². The van der Waals surface area contributed by atoms with Gasteiger partial charge in [0.25, 0.3) is 0 Å². The van der Waals surface area contributed by atoms with Gasteiger partial charge in [-0.15, -0.1) is 0 Å². The summed E-state index contributed by atoms with van der Waals surface area (Å²) >= 11 is 0. The topological polar surface area (TPSA) is 66.4 Å². The van der Waals surface area contributed by atoms with Crippen molar-refractivity contribution in [3.8, 4) is 5.75 Å². The van der Waals surface area contributed by atoms with Crippen molar-refractivity contribution in [1.29, 1.82) is 0 Å². The summed E-state index contributed by atoms with van der Waals surface area (Å²) in [7, 11) is 0. The van der Waals surface area contributed by atoms with Crippen molar-refractivity contribution >= 4 is 11.7 Å². The Bertz CT molecular complexity index is 838. The number of phenolic OH excluding ortho intramolecular Hbond substituents is 1. The van der Waals surface area contributed by atoms with Crippen LogP contribution in [0.2, 0.25) is 0 Å². The van der Waals surface area contributed by atoms with Crippen LogP contribution in [-0.4, -0.2) is 29.5 Å². The highest BCUT2D eigenvalue weighted by Gasteiger charge is 2.36. The van der Waals surface area contributed by atoms with Crippen LogP contribution in [0.3, 0.4) is 0 Å². The van der Waals surface area contributed by atoms with E-state index < -0.39 is 18.4 Å². The molecule has 1 amide bonds. The minimum absolute atomic E-state index is 0.0291. The maximum Gasteiger partial charge on any atom is 0.449 e. The van der Waals surface area contributed by atoms with E-state index >= 15 is 0 Å². The summed E-state index contributed by atoms with van der Waals surface area (Å²) in [6, 6.07) is 6.61. The molecule has 34 heavy (non-hydrogen) atoms. The second kappa shape index (κ2) is 17.4. The average molecular weight is 478 g/mol. The molecule has 1 aromatic carbocycles. The molecule has 0 spiro atoms. The van der Waals surface area contributed by atoms with Gasteiger partial charge in [0.15, 0.2) is 0 Å². The molecule has 0 aromatic heterocycles. The average Bonchev–Trinajstić information content (AvgIpc) is 2.79. The summed E-state index contributed by atoms with van der Waals surface area (Å²) in [6.07, 6.45) is 16.0. The molecular formula is C27H34F3NO3. The van der Waals surface area contributed by atoms with E-state index in [9.17, 15) is 27.9 Å². The van der Waals surface area contributed by atoms with Gasteiger partial charge < -0.3 is 10.4 Å². The van der Waals surface area contributed by atoms with Crippen LogP contribution in [0.1, 0.15) is 56.9 Å². The molecule has 0 unspecified atom stereocenters. The number of allylic oxidation sites excluding steroid dienone is 8. The highest BCUT2D eigenvalue weighted by molar-refractivity contribution is 5.83. The van der Waals surface area contributed by atoms with Gasteiger partial charge in [-0.3, -0.25) is 9.59 Å². The lowest BCUT2D eigenvalue weighted by Crippen LogP contribution is -2.25. The van der Waals surface area contributed by atoms with Gasteiger partial charge >= 0.3 is 6.18 Å². The molecule has 0 atom stereocenters. The van der Waals surface area contributed by atoms with Crippen LogP contribution in [0.25, 0.3) is 0 Å². The maximum atomic E-state index is 12.0. The van der Waals surface area contributed by atoms with Crippen molar-refractivity contribution in [2.75, 3.05) is 6.54 Å². The summed E-state index contributed by atoms with van der Waals surface area (Å²) < 4.78 is 36.1. The molecule has 2 N–H and O–H groups in total. The Hall–Kier alpha value is -3.09. The Kier molecular flexibility index (Phi) is 14.8. The van der Waals surface area contributed by atoms with Gasteiger partial charge in [-0.2, -0.15) is 13.2 Å². The highest BCUT2D eigenvalue weighted by atomic mass is 19.4. The predicted molar refractivity (Wildman–Crippen MR) is 129 cm³/mol. The fourth-order valence-electron chi connectivity index (χ4n) is 2.88. The van der Waals surface area contributed by atoms with Crippen molar-refractivity contribution in [2.24, 2.45) is 0 Å². The maximum absolute atomic E-state index is 12.0. The molecule has 0 radical (unpaired) electrons. The molecule has 0 aliphatic heterocycles. The minimum atomic E-state index is -4.72. The van der Waals surface area contributed by atoms with E-state index in [0.717, 1.165) is 31.2 Å². The Morgan fingerprint density at radius 1 is 0.794 bits per heavy atom. The Morgan fingerprint density at radius 2 is 1.29 bits per heavy atom. The van der Waals surface area contributed by atoms with Crippen molar-refractivity contribution in [3.05, 3.63) is 78.4 Å². The number of aromatic hydroxyl groups is 1. The summed E-state index contributed by atoms with van der Waals surface area (Å²) in [5, 5.41) is 12.1. The van der Waals surface area contributed by atoms with Crippen LogP contribution in [0.4, 0.5) is 13.2 Å². The molecule has 4 nitrogen and oxygen atoms in total. The molecule has 0 bridgehead atoms. The number of alkyl halides is 3. The Labute approximate surface area is 200 Å². The van der Waals surface area contributed by atoms with Gasteiger partial charge in [-0.25, -0.2) is 0 Å². The van der Waals surface area contributed by atoms with E-state index in [0.29, 0.717) is 25.8 Å². The normalized spacial score (nSPS) is 12.4. The number of phenols is 1. The van der Waals surface area contributed by atoms with Gasteiger partial charge in [0.1, 0.15) is 5.75 Å². The van der Waals surface area contributed by atoms with Crippen LogP contribution < -0.4 is 5.32 Å². The number of amides is 1. The first-order valence-electron chi connectivity index (χ1n) is 11.5. The molecule has 0 aliphatic rings. The number of carbonyl (C=O) groups excluding carboxylic acids is 2. The largest absolute Gasteiger partial charge is 0.508 e. The first-order valence-corrected chi connectivity index (χ1v) is 11.5. The monoisotopic (exact) mass is 477 g/mol.